The van der Waals surface area contributed by atoms with E-state index in [1.807, 2.05) is 12.1 Å². The number of benzene rings is 1. The van der Waals surface area contributed by atoms with Crippen LogP contribution in [0.15, 0.2) is 12.1 Å². The molecule has 1 aromatic rings. The number of ether oxygens (including phenoxy) is 2. The van der Waals surface area contributed by atoms with Gasteiger partial charge in [0.2, 0.25) is 0 Å². The van der Waals surface area contributed by atoms with E-state index < -0.39 is 0 Å². The van der Waals surface area contributed by atoms with Gasteiger partial charge in [-0.05, 0) is 68.3 Å². The molecule has 2 atom stereocenters. The Bertz CT molecular complexity index is 490. The number of rotatable bonds is 8. The molecule has 0 aliphatic heterocycles. The first kappa shape index (κ1) is 18.1. The topological polar surface area (TPSA) is 50.7 Å². The molecule has 0 radical (unpaired) electrons. The fraction of sp³-hybridized carbons (Fsp3) is 0.684. The summed E-state index contributed by atoms with van der Waals surface area (Å²) in [5.41, 5.74) is 2.44. The molecule has 0 heterocycles. The Kier molecular flexibility index (Phi) is 7.18. The first-order chi connectivity index (χ1) is 11.2. The van der Waals surface area contributed by atoms with Gasteiger partial charge < -0.3 is 19.9 Å². The maximum atomic E-state index is 10.0. The summed E-state index contributed by atoms with van der Waals surface area (Å²) in [6.45, 7) is 3.91. The lowest BCUT2D eigenvalue weighted by atomic mass is 9.83. The zero-order valence-corrected chi connectivity index (χ0v) is 14.7. The highest BCUT2D eigenvalue weighted by Gasteiger charge is 2.22. The average Bonchev–Trinajstić information content (AvgIpc) is 2.57. The molecule has 2 N–H and O–H groups in total. The van der Waals surface area contributed by atoms with Gasteiger partial charge in [0.25, 0.3) is 0 Å². The highest BCUT2D eigenvalue weighted by Crippen LogP contribution is 2.30. The van der Waals surface area contributed by atoms with Crippen LogP contribution in [-0.4, -0.2) is 32.0 Å². The average molecular weight is 321 g/mol. The van der Waals surface area contributed by atoms with E-state index >= 15 is 0 Å². The number of nitrogens with one attached hydrogen (secondary N) is 1. The molecule has 2 unspecified atom stereocenters. The minimum Gasteiger partial charge on any atom is -0.493 e. The standard InChI is InChI=1S/C19H31NO3/c1-14-11-18(22-2)19(23-3)12-16(14)13-20-10-6-8-15-7-4-5-9-17(15)21/h11-12,15,17,20-21H,4-10,13H2,1-3H3. The van der Waals surface area contributed by atoms with Crippen LogP contribution in [0.25, 0.3) is 0 Å². The summed E-state index contributed by atoms with van der Waals surface area (Å²) in [4.78, 5) is 0. The van der Waals surface area contributed by atoms with E-state index in [4.69, 9.17) is 9.47 Å². The summed E-state index contributed by atoms with van der Waals surface area (Å²) in [5, 5.41) is 13.5. The van der Waals surface area contributed by atoms with Crippen molar-refractivity contribution in [2.24, 2.45) is 5.92 Å². The zero-order valence-electron chi connectivity index (χ0n) is 14.7. The lowest BCUT2D eigenvalue weighted by molar-refractivity contribution is 0.0643. The van der Waals surface area contributed by atoms with Crippen LogP contribution < -0.4 is 14.8 Å². The highest BCUT2D eigenvalue weighted by molar-refractivity contribution is 5.46. The van der Waals surface area contributed by atoms with Crippen molar-refractivity contribution in [3.63, 3.8) is 0 Å². The molecule has 1 saturated carbocycles. The number of aliphatic hydroxyl groups excluding tert-OH is 1. The molecule has 1 aliphatic carbocycles. The molecule has 0 aromatic heterocycles. The summed E-state index contributed by atoms with van der Waals surface area (Å²) < 4.78 is 10.7. The summed E-state index contributed by atoms with van der Waals surface area (Å²) in [7, 11) is 3.33. The van der Waals surface area contributed by atoms with Gasteiger partial charge in [0.05, 0.1) is 20.3 Å². The van der Waals surface area contributed by atoms with Gasteiger partial charge in [-0.3, -0.25) is 0 Å². The molecule has 0 amide bonds. The van der Waals surface area contributed by atoms with Gasteiger partial charge in [0.1, 0.15) is 0 Å². The smallest absolute Gasteiger partial charge is 0.161 e. The van der Waals surface area contributed by atoms with E-state index in [1.165, 1.54) is 30.4 Å². The van der Waals surface area contributed by atoms with Crippen molar-refractivity contribution in [2.45, 2.75) is 58.1 Å². The van der Waals surface area contributed by atoms with E-state index in [0.29, 0.717) is 5.92 Å². The second kappa shape index (κ2) is 9.14. The monoisotopic (exact) mass is 321 g/mol. The van der Waals surface area contributed by atoms with Crippen LogP contribution in [0, 0.1) is 12.8 Å². The third kappa shape index (κ3) is 5.11. The Morgan fingerprint density at radius 1 is 1.13 bits per heavy atom. The molecular weight excluding hydrogens is 290 g/mol. The van der Waals surface area contributed by atoms with Crippen LogP contribution in [0.4, 0.5) is 0 Å². The summed E-state index contributed by atoms with van der Waals surface area (Å²) in [6.07, 6.45) is 6.82. The van der Waals surface area contributed by atoms with Crippen molar-refractivity contribution >= 4 is 0 Å². The SMILES string of the molecule is COc1cc(C)c(CNCCCC2CCCCC2O)cc1OC. The number of aryl methyl sites for hydroxylation is 1. The van der Waals surface area contributed by atoms with Crippen LogP contribution in [0.5, 0.6) is 11.5 Å². The molecule has 4 nitrogen and oxygen atoms in total. The Morgan fingerprint density at radius 2 is 1.83 bits per heavy atom. The molecule has 1 aromatic carbocycles. The Balaban J connectivity index is 1.75. The minimum absolute atomic E-state index is 0.0724. The highest BCUT2D eigenvalue weighted by atomic mass is 16.5. The number of methoxy groups -OCH3 is 2. The van der Waals surface area contributed by atoms with E-state index in [-0.39, 0.29) is 6.10 Å². The van der Waals surface area contributed by atoms with Crippen LogP contribution in [-0.2, 0) is 6.54 Å². The van der Waals surface area contributed by atoms with Gasteiger partial charge >= 0.3 is 0 Å². The molecule has 1 aliphatic rings. The molecule has 0 saturated heterocycles. The molecule has 0 bridgehead atoms. The maximum absolute atomic E-state index is 10.0. The summed E-state index contributed by atoms with van der Waals surface area (Å²) in [5.74, 6) is 2.06. The van der Waals surface area contributed by atoms with Gasteiger partial charge in [0, 0.05) is 6.54 Å². The number of hydrogen-bond donors (Lipinski definition) is 2. The Hall–Kier alpha value is -1.26. The van der Waals surface area contributed by atoms with Crippen molar-refractivity contribution < 1.29 is 14.6 Å². The minimum atomic E-state index is -0.0724. The van der Waals surface area contributed by atoms with E-state index in [2.05, 4.69) is 12.2 Å². The quantitative estimate of drug-likeness (QED) is 0.720. The van der Waals surface area contributed by atoms with Crippen LogP contribution in [0.3, 0.4) is 0 Å². The van der Waals surface area contributed by atoms with Crippen molar-refractivity contribution in [1.29, 1.82) is 0 Å². The fourth-order valence-corrected chi connectivity index (χ4v) is 3.45. The van der Waals surface area contributed by atoms with Gasteiger partial charge in [-0.1, -0.05) is 12.8 Å². The Labute approximate surface area is 140 Å². The van der Waals surface area contributed by atoms with Crippen LogP contribution >= 0.6 is 0 Å². The van der Waals surface area contributed by atoms with Gasteiger partial charge in [-0.25, -0.2) is 0 Å². The maximum Gasteiger partial charge on any atom is 0.161 e. The zero-order chi connectivity index (χ0) is 16.7. The molecule has 0 spiro atoms. The summed E-state index contributed by atoms with van der Waals surface area (Å²) in [6, 6.07) is 4.07. The van der Waals surface area contributed by atoms with E-state index in [1.54, 1.807) is 14.2 Å². The van der Waals surface area contributed by atoms with E-state index in [9.17, 15) is 5.11 Å². The van der Waals surface area contributed by atoms with E-state index in [0.717, 1.165) is 43.9 Å². The van der Waals surface area contributed by atoms with Gasteiger partial charge in [-0.2, -0.15) is 0 Å². The molecule has 23 heavy (non-hydrogen) atoms. The third-order valence-corrected chi connectivity index (χ3v) is 4.95. The van der Waals surface area contributed by atoms with Crippen LogP contribution in [0.1, 0.15) is 49.7 Å². The number of hydrogen-bond acceptors (Lipinski definition) is 4. The lowest BCUT2D eigenvalue weighted by Crippen LogP contribution is -2.25. The second-order valence-electron chi connectivity index (χ2n) is 6.56. The molecule has 130 valence electrons. The predicted octanol–water partition coefficient (Wildman–Crippen LogP) is 3.43. The first-order valence-corrected chi connectivity index (χ1v) is 8.76. The predicted molar refractivity (Wildman–Crippen MR) is 93.2 cm³/mol. The van der Waals surface area contributed by atoms with Crippen molar-refractivity contribution in [1.82, 2.24) is 5.32 Å². The van der Waals surface area contributed by atoms with Gasteiger partial charge in [0.15, 0.2) is 11.5 Å². The van der Waals surface area contributed by atoms with Crippen molar-refractivity contribution in [3.8, 4) is 11.5 Å². The van der Waals surface area contributed by atoms with Gasteiger partial charge in [-0.15, -0.1) is 0 Å². The van der Waals surface area contributed by atoms with Crippen molar-refractivity contribution in [3.05, 3.63) is 23.3 Å². The largest absolute Gasteiger partial charge is 0.493 e. The molecule has 2 rings (SSSR count). The lowest BCUT2D eigenvalue weighted by Gasteiger charge is -2.27. The second-order valence-corrected chi connectivity index (χ2v) is 6.56. The Morgan fingerprint density at radius 3 is 2.52 bits per heavy atom. The third-order valence-electron chi connectivity index (χ3n) is 4.95. The first-order valence-electron chi connectivity index (χ1n) is 8.76. The molecular formula is C19H31NO3. The van der Waals surface area contributed by atoms with Crippen molar-refractivity contribution in [2.75, 3.05) is 20.8 Å². The fourth-order valence-electron chi connectivity index (χ4n) is 3.45. The number of aliphatic hydroxyl groups is 1. The van der Waals surface area contributed by atoms with Crippen LogP contribution in [0.2, 0.25) is 0 Å². The molecule has 1 fully saturated rings. The molecule has 4 heteroatoms. The normalized spacial score (nSPS) is 21.2. The summed E-state index contributed by atoms with van der Waals surface area (Å²) >= 11 is 0.